The Bertz CT molecular complexity index is 3090. The molecule has 0 spiro atoms. The molecule has 0 bridgehead atoms. The lowest BCUT2D eigenvalue weighted by Gasteiger charge is -2.18. The minimum atomic E-state index is -5.08. The van der Waals surface area contributed by atoms with Gasteiger partial charge < -0.3 is 10.6 Å². The van der Waals surface area contributed by atoms with Crippen molar-refractivity contribution in [2.75, 3.05) is 21.5 Å². The number of hydrogen-bond acceptors (Lipinski definition) is 13. The Kier molecular flexibility index (Phi) is 10.1. The van der Waals surface area contributed by atoms with Crippen LogP contribution in [0.25, 0.3) is 22.9 Å². The van der Waals surface area contributed by atoms with Crippen LogP contribution in [-0.2, 0) is 30.4 Å². The number of nitrogens with one attached hydrogen (secondary N) is 4. The predicted molar refractivity (Wildman–Crippen MR) is 216 cm³/mol. The maximum absolute atomic E-state index is 13.6. The van der Waals surface area contributed by atoms with E-state index in [4.69, 9.17) is 0 Å². The first-order valence-electron chi connectivity index (χ1n) is 16.4. The number of allylic oxidation sites excluding steroid dienone is 2. The van der Waals surface area contributed by atoms with Crippen molar-refractivity contribution < 1.29 is 53.3 Å². The van der Waals surface area contributed by atoms with Gasteiger partial charge >= 0.3 is 6.03 Å². The van der Waals surface area contributed by atoms with Crippen molar-refractivity contribution in [3.8, 4) is 0 Å². The van der Waals surface area contributed by atoms with E-state index in [0.717, 1.165) is 18.2 Å². The molecule has 0 unspecified atom stereocenters. The number of para-hydroxylation sites is 1. The molecule has 0 saturated heterocycles. The quantitative estimate of drug-likeness (QED) is 0.0711. The van der Waals surface area contributed by atoms with Gasteiger partial charge in [0.15, 0.2) is 11.4 Å². The van der Waals surface area contributed by atoms with Gasteiger partial charge in [-0.2, -0.15) is 35.5 Å². The topological polar surface area (TPSA) is 287 Å². The second-order valence-corrected chi connectivity index (χ2v) is 16.6. The molecule has 5 aromatic rings. The highest BCUT2D eigenvalue weighted by atomic mass is 32.2. The molecular weight excluding hydrogens is 817 g/mol. The summed E-state index contributed by atoms with van der Waals surface area (Å²) in [4.78, 5) is 37.9. The highest BCUT2D eigenvalue weighted by Crippen LogP contribution is 2.32. The van der Waals surface area contributed by atoms with Crippen LogP contribution in [0.15, 0.2) is 128 Å². The number of anilines is 4. The highest BCUT2D eigenvalue weighted by molar-refractivity contribution is 7.91. The summed E-state index contributed by atoms with van der Waals surface area (Å²) in [5.41, 5.74) is 4.56. The van der Waals surface area contributed by atoms with E-state index in [1.165, 1.54) is 60.7 Å². The third-order valence-electron chi connectivity index (χ3n) is 8.65. The number of rotatable bonds is 9. The van der Waals surface area contributed by atoms with Crippen molar-refractivity contribution >= 4 is 105 Å². The molecule has 21 heteroatoms. The zero-order valence-corrected chi connectivity index (χ0v) is 31.6. The van der Waals surface area contributed by atoms with E-state index < -0.39 is 74.1 Å². The van der Waals surface area contributed by atoms with Crippen LogP contribution in [-0.4, -0.2) is 67.9 Å². The van der Waals surface area contributed by atoms with Gasteiger partial charge in [-0.05, 0) is 83.9 Å². The number of hydrazone groups is 2. The van der Waals surface area contributed by atoms with Crippen LogP contribution in [0.4, 0.5) is 27.5 Å². The number of benzene rings is 5. The van der Waals surface area contributed by atoms with Gasteiger partial charge in [-0.3, -0.25) is 34.1 Å². The van der Waals surface area contributed by atoms with Crippen LogP contribution in [0.3, 0.4) is 0 Å². The summed E-state index contributed by atoms with van der Waals surface area (Å²) in [6.45, 7) is 0. The van der Waals surface area contributed by atoms with Gasteiger partial charge in [0.1, 0.15) is 14.7 Å². The van der Waals surface area contributed by atoms with Crippen molar-refractivity contribution in [2.24, 2.45) is 10.2 Å². The molecule has 0 aromatic heterocycles. The van der Waals surface area contributed by atoms with E-state index in [1.807, 2.05) is 0 Å². The lowest BCUT2D eigenvalue weighted by molar-refractivity contribution is 0.105. The predicted octanol–water partition coefficient (Wildman–Crippen LogP) is 5.52. The van der Waals surface area contributed by atoms with Gasteiger partial charge in [0.2, 0.25) is 11.6 Å². The van der Waals surface area contributed by atoms with Crippen LogP contribution in [0.5, 0.6) is 0 Å². The van der Waals surface area contributed by atoms with Crippen LogP contribution in [0.2, 0.25) is 0 Å². The van der Waals surface area contributed by atoms with Crippen LogP contribution in [0, 0.1) is 0 Å². The smallest absolute Gasteiger partial charge is 0.308 e. The minimum Gasteiger partial charge on any atom is -0.308 e. The Labute approximate surface area is 328 Å². The summed E-state index contributed by atoms with van der Waals surface area (Å²) in [6, 6.07) is 23.6. The molecule has 0 atom stereocenters. The number of ketones is 2. The fourth-order valence-corrected chi connectivity index (χ4v) is 8.09. The third-order valence-corrected chi connectivity index (χ3v) is 11.3. The monoisotopic (exact) mass is 842 g/mol. The van der Waals surface area contributed by atoms with Gasteiger partial charge in [0, 0.05) is 33.3 Å². The van der Waals surface area contributed by atoms with Crippen molar-refractivity contribution in [1.29, 1.82) is 0 Å². The van der Waals surface area contributed by atoms with Crippen molar-refractivity contribution in [3.05, 3.63) is 135 Å². The van der Waals surface area contributed by atoms with Crippen molar-refractivity contribution in [1.82, 2.24) is 0 Å². The summed E-state index contributed by atoms with van der Waals surface area (Å²) < 4.78 is 103. The van der Waals surface area contributed by atoms with E-state index >= 15 is 0 Å². The number of nitrogens with zero attached hydrogens (tertiary/aromatic N) is 2. The molecule has 5 aromatic carbocycles. The number of carbonyl (C=O) groups excluding carboxylic acids is 3. The van der Waals surface area contributed by atoms with Gasteiger partial charge in [0.05, 0.1) is 11.4 Å². The molecule has 0 radical (unpaired) electrons. The van der Waals surface area contributed by atoms with Gasteiger partial charge in [0.25, 0.3) is 30.4 Å². The van der Waals surface area contributed by atoms with Gasteiger partial charge in [-0.1, -0.05) is 42.5 Å². The zero-order valence-electron chi connectivity index (χ0n) is 29.1. The van der Waals surface area contributed by atoms with Gasteiger partial charge in [-0.25, -0.2) is 4.79 Å². The van der Waals surface area contributed by atoms with Crippen LogP contribution < -0.4 is 21.5 Å². The number of fused-ring (bicyclic) bond motifs is 3. The molecule has 2 aliphatic carbocycles. The second kappa shape index (κ2) is 14.9. The average molecular weight is 843 g/mol. The average Bonchev–Trinajstić information content (AvgIpc) is 3.16. The van der Waals surface area contributed by atoms with Crippen molar-refractivity contribution in [3.63, 3.8) is 0 Å². The van der Waals surface area contributed by atoms with E-state index in [2.05, 4.69) is 31.7 Å². The lowest BCUT2D eigenvalue weighted by Crippen LogP contribution is -2.27. The molecular formula is C37H26N6O12S3. The van der Waals surface area contributed by atoms with Crippen LogP contribution in [0.1, 0.15) is 31.8 Å². The Hall–Kier alpha value is -6.88. The molecule has 0 fully saturated rings. The first kappa shape index (κ1) is 39.4. The van der Waals surface area contributed by atoms with E-state index in [-0.39, 0.29) is 50.1 Å². The summed E-state index contributed by atoms with van der Waals surface area (Å²) in [7, 11) is -14.6. The van der Waals surface area contributed by atoms with E-state index in [0.29, 0.717) is 5.69 Å². The number of carbonyl (C=O) groups is 3. The SMILES string of the molecule is O=C(Nc1ccc2c(c1)C=C(S(=O)(=O)O)/C(=N/Nc1ccccc1)C2=O)Nc1ccc2c(c1)C=C(S(=O)(=O)O)/C(=N/Nc1ccc(S(=O)(=O)O)c3ccccc13)C2=O. The molecule has 294 valence electrons. The number of hydrogen-bond donors (Lipinski definition) is 7. The molecule has 0 heterocycles. The number of urea groups is 1. The van der Waals surface area contributed by atoms with Crippen molar-refractivity contribution in [2.45, 2.75) is 4.90 Å². The van der Waals surface area contributed by atoms with E-state index in [9.17, 15) is 53.3 Å². The molecule has 58 heavy (non-hydrogen) atoms. The molecule has 18 nitrogen and oxygen atoms in total. The molecule has 2 amide bonds. The standard InChI is InChI=1S/C37H26N6O12S3/c44-35-25-12-10-23(16-20(25)18-31(57(50,51)52)33(35)42-40-22-6-2-1-3-7-22)38-37(46)39-24-11-13-26-21(17-24)19-32(58(53,54)55)34(36(26)45)43-41-29-14-15-30(56(47,48)49)28-9-5-4-8-27(28)29/h1-19,40-41H,(H2,38,39,46)(H,47,48,49)(H,50,51,52)(H,53,54,55)/b42-33-,43-34-. The Balaban J connectivity index is 1.12. The van der Waals surface area contributed by atoms with Crippen LogP contribution >= 0.6 is 0 Å². The molecule has 7 rings (SSSR count). The zero-order chi connectivity index (χ0) is 41.6. The summed E-state index contributed by atoms with van der Waals surface area (Å²) >= 11 is 0. The summed E-state index contributed by atoms with van der Waals surface area (Å²) in [5.74, 6) is -1.75. The Morgan fingerprint density at radius 2 is 1.00 bits per heavy atom. The molecule has 7 N–H and O–H groups in total. The van der Waals surface area contributed by atoms with E-state index in [1.54, 1.807) is 36.4 Å². The number of amides is 2. The molecule has 0 saturated carbocycles. The maximum Gasteiger partial charge on any atom is 0.323 e. The fraction of sp³-hybridized carbons (Fsp3) is 0. The maximum atomic E-state index is 13.6. The largest absolute Gasteiger partial charge is 0.323 e. The van der Waals surface area contributed by atoms with Gasteiger partial charge in [-0.15, -0.1) is 0 Å². The Morgan fingerprint density at radius 1 is 0.517 bits per heavy atom. The molecule has 0 aliphatic heterocycles. The number of Topliss-reactive ketones (excluding diaryl/α,β-unsaturated/α-hetero) is 2. The second-order valence-electron chi connectivity index (χ2n) is 12.5. The summed E-state index contributed by atoms with van der Waals surface area (Å²) in [6.07, 6.45) is 1.98. The highest BCUT2D eigenvalue weighted by Gasteiger charge is 2.34. The first-order chi connectivity index (χ1) is 27.4. The third kappa shape index (κ3) is 8.02. The first-order valence-corrected chi connectivity index (χ1v) is 20.8. The molecule has 2 aliphatic rings. The fourth-order valence-electron chi connectivity index (χ4n) is 6.07. The Morgan fingerprint density at radius 3 is 1.50 bits per heavy atom. The normalized spacial score (nSPS) is 15.6. The summed E-state index contributed by atoms with van der Waals surface area (Å²) in [5, 5.41) is 13.2. The lowest BCUT2D eigenvalue weighted by atomic mass is 9.94. The minimum absolute atomic E-state index is 0.0216.